The second-order valence-corrected chi connectivity index (χ2v) is 5.16. The van der Waals surface area contributed by atoms with Crippen LogP contribution in [-0.2, 0) is 4.79 Å². The van der Waals surface area contributed by atoms with E-state index in [-0.39, 0.29) is 11.8 Å². The summed E-state index contributed by atoms with van der Waals surface area (Å²) >= 11 is 3.40. The Kier molecular flexibility index (Phi) is 4.71. The Morgan fingerprint density at radius 1 is 1.47 bits per heavy atom. The summed E-state index contributed by atoms with van der Waals surface area (Å²) in [6.07, 6.45) is 0. The van der Waals surface area contributed by atoms with E-state index in [0.717, 1.165) is 15.7 Å². The van der Waals surface area contributed by atoms with E-state index in [1.165, 1.54) is 0 Å². The van der Waals surface area contributed by atoms with E-state index in [1.54, 1.807) is 0 Å². The molecule has 90 valence electrons. The van der Waals surface area contributed by atoms with Gasteiger partial charge >= 0.3 is 0 Å². The van der Waals surface area contributed by atoms with Gasteiger partial charge in [0.15, 0.2) is 0 Å². The maximum atomic E-state index is 11.8. The third-order valence-electron chi connectivity index (χ3n) is 2.51. The first-order valence-corrected chi connectivity index (χ1v) is 6.21. The van der Waals surface area contributed by atoms with Crippen molar-refractivity contribution < 1.29 is 4.79 Å². The number of rotatable bonds is 3. The minimum atomic E-state index is -0.612. The number of nitriles is 1. The number of aryl methyl sites for hydroxylation is 1. The lowest BCUT2D eigenvalue weighted by molar-refractivity contribution is -0.119. The molecule has 0 aromatic heterocycles. The van der Waals surface area contributed by atoms with Gasteiger partial charge in [0.1, 0.15) is 5.92 Å². The van der Waals surface area contributed by atoms with Crippen molar-refractivity contribution in [2.24, 2.45) is 11.8 Å². The second kappa shape index (κ2) is 5.83. The van der Waals surface area contributed by atoms with Crippen LogP contribution in [0.15, 0.2) is 22.7 Å². The third-order valence-corrected chi connectivity index (χ3v) is 3.40. The van der Waals surface area contributed by atoms with Crippen molar-refractivity contribution >= 4 is 27.5 Å². The number of halogens is 1. The molecule has 0 heterocycles. The number of anilines is 1. The highest BCUT2D eigenvalue weighted by atomic mass is 79.9. The maximum absolute atomic E-state index is 11.8. The Bertz CT molecular complexity index is 463. The third kappa shape index (κ3) is 3.57. The fourth-order valence-corrected chi connectivity index (χ4v) is 1.70. The molecule has 0 saturated carbocycles. The van der Waals surface area contributed by atoms with Crippen LogP contribution in [0.3, 0.4) is 0 Å². The smallest absolute Gasteiger partial charge is 0.241 e. The van der Waals surface area contributed by atoms with E-state index in [2.05, 4.69) is 21.2 Å². The number of benzene rings is 1. The molecule has 0 aliphatic carbocycles. The van der Waals surface area contributed by atoms with Crippen LogP contribution >= 0.6 is 15.9 Å². The van der Waals surface area contributed by atoms with Crippen LogP contribution in [0.4, 0.5) is 5.69 Å². The van der Waals surface area contributed by atoms with E-state index in [9.17, 15) is 4.79 Å². The molecule has 1 N–H and O–H groups in total. The zero-order valence-corrected chi connectivity index (χ0v) is 11.7. The average Bonchev–Trinajstić information content (AvgIpc) is 2.24. The zero-order chi connectivity index (χ0) is 13.0. The lowest BCUT2D eigenvalue weighted by Gasteiger charge is -2.13. The number of amides is 1. The van der Waals surface area contributed by atoms with Crippen molar-refractivity contribution in [1.29, 1.82) is 5.26 Å². The van der Waals surface area contributed by atoms with Gasteiger partial charge in [0.2, 0.25) is 5.91 Å². The molecule has 0 aliphatic heterocycles. The van der Waals surface area contributed by atoms with Crippen molar-refractivity contribution in [2.75, 3.05) is 5.32 Å². The van der Waals surface area contributed by atoms with Gasteiger partial charge in [0.05, 0.1) is 6.07 Å². The summed E-state index contributed by atoms with van der Waals surface area (Å²) in [7, 11) is 0. The van der Waals surface area contributed by atoms with Crippen LogP contribution in [0, 0.1) is 30.1 Å². The van der Waals surface area contributed by atoms with Gasteiger partial charge in [-0.1, -0.05) is 29.8 Å². The number of hydrogen-bond acceptors (Lipinski definition) is 2. The standard InChI is InChI=1S/C13H15BrN2O/c1-8(2)11(7-15)13(17)16-10-4-5-12(14)9(3)6-10/h4-6,8,11H,1-3H3,(H,16,17). The fraction of sp³-hybridized carbons (Fsp3) is 0.385. The van der Waals surface area contributed by atoms with Crippen LogP contribution in [0.5, 0.6) is 0 Å². The number of nitrogens with zero attached hydrogens (tertiary/aromatic N) is 1. The summed E-state index contributed by atoms with van der Waals surface area (Å²) in [4.78, 5) is 11.8. The van der Waals surface area contributed by atoms with Crippen molar-refractivity contribution in [1.82, 2.24) is 0 Å². The molecule has 0 radical (unpaired) electrons. The minimum absolute atomic E-state index is 0.0107. The van der Waals surface area contributed by atoms with E-state index in [1.807, 2.05) is 45.0 Å². The number of carbonyl (C=O) groups is 1. The van der Waals surface area contributed by atoms with Gasteiger partial charge in [-0.15, -0.1) is 0 Å². The molecule has 1 atom stereocenters. The van der Waals surface area contributed by atoms with Crippen LogP contribution < -0.4 is 5.32 Å². The molecule has 1 aromatic carbocycles. The molecule has 0 aliphatic rings. The van der Waals surface area contributed by atoms with Gasteiger partial charge in [-0.2, -0.15) is 5.26 Å². The van der Waals surface area contributed by atoms with Gasteiger partial charge < -0.3 is 5.32 Å². The largest absolute Gasteiger partial charge is 0.325 e. The van der Waals surface area contributed by atoms with Crippen LogP contribution in [0.2, 0.25) is 0 Å². The molecule has 0 bridgehead atoms. The Morgan fingerprint density at radius 2 is 2.12 bits per heavy atom. The SMILES string of the molecule is Cc1cc(NC(=O)C(C#N)C(C)C)ccc1Br. The molecule has 4 heteroatoms. The summed E-state index contributed by atoms with van der Waals surface area (Å²) in [5.74, 6) is -0.847. The molecule has 1 unspecified atom stereocenters. The summed E-state index contributed by atoms with van der Waals surface area (Å²) in [5.41, 5.74) is 1.76. The topological polar surface area (TPSA) is 52.9 Å². The molecule has 0 spiro atoms. The van der Waals surface area contributed by atoms with Crippen molar-refractivity contribution in [2.45, 2.75) is 20.8 Å². The Balaban J connectivity index is 2.81. The van der Waals surface area contributed by atoms with E-state index in [0.29, 0.717) is 0 Å². The molecular weight excluding hydrogens is 280 g/mol. The lowest BCUT2D eigenvalue weighted by Crippen LogP contribution is -2.25. The van der Waals surface area contributed by atoms with Crippen LogP contribution in [-0.4, -0.2) is 5.91 Å². The quantitative estimate of drug-likeness (QED) is 0.928. The maximum Gasteiger partial charge on any atom is 0.241 e. The van der Waals surface area contributed by atoms with E-state index < -0.39 is 5.92 Å². The Morgan fingerprint density at radius 3 is 2.59 bits per heavy atom. The second-order valence-electron chi connectivity index (χ2n) is 4.30. The molecule has 17 heavy (non-hydrogen) atoms. The number of hydrogen-bond donors (Lipinski definition) is 1. The van der Waals surface area contributed by atoms with E-state index in [4.69, 9.17) is 5.26 Å². The first-order chi connectivity index (χ1) is 7.95. The normalized spacial score (nSPS) is 12.0. The first kappa shape index (κ1) is 13.7. The summed E-state index contributed by atoms with van der Waals surface area (Å²) in [6.45, 7) is 5.67. The number of carbonyl (C=O) groups excluding carboxylic acids is 1. The Labute approximate surface area is 110 Å². The monoisotopic (exact) mass is 294 g/mol. The fourth-order valence-electron chi connectivity index (χ4n) is 1.45. The lowest BCUT2D eigenvalue weighted by atomic mass is 9.96. The average molecular weight is 295 g/mol. The molecule has 0 fully saturated rings. The van der Waals surface area contributed by atoms with Gasteiger partial charge in [0.25, 0.3) is 0 Å². The summed E-state index contributed by atoms with van der Waals surface area (Å²) < 4.78 is 0.996. The summed E-state index contributed by atoms with van der Waals surface area (Å²) in [5, 5.41) is 11.7. The van der Waals surface area contributed by atoms with Gasteiger partial charge in [0, 0.05) is 10.2 Å². The predicted octanol–water partition coefficient (Wildman–Crippen LogP) is 3.49. The first-order valence-electron chi connectivity index (χ1n) is 5.42. The molecule has 1 amide bonds. The predicted molar refractivity (Wildman–Crippen MR) is 71.4 cm³/mol. The molecule has 1 aromatic rings. The molecular formula is C13H15BrN2O. The Hall–Kier alpha value is -1.34. The minimum Gasteiger partial charge on any atom is -0.325 e. The van der Waals surface area contributed by atoms with Crippen molar-refractivity contribution in [3.63, 3.8) is 0 Å². The van der Waals surface area contributed by atoms with Gasteiger partial charge in [-0.25, -0.2) is 0 Å². The number of nitrogens with one attached hydrogen (secondary N) is 1. The molecule has 0 saturated heterocycles. The van der Waals surface area contributed by atoms with Crippen LogP contribution in [0.1, 0.15) is 19.4 Å². The van der Waals surface area contributed by atoms with E-state index >= 15 is 0 Å². The van der Waals surface area contributed by atoms with Crippen molar-refractivity contribution in [3.8, 4) is 6.07 Å². The van der Waals surface area contributed by atoms with Gasteiger partial charge in [-0.3, -0.25) is 4.79 Å². The highest BCUT2D eigenvalue weighted by Crippen LogP contribution is 2.21. The molecule has 1 rings (SSSR count). The zero-order valence-electron chi connectivity index (χ0n) is 10.1. The highest BCUT2D eigenvalue weighted by molar-refractivity contribution is 9.10. The summed E-state index contributed by atoms with van der Waals surface area (Å²) in [6, 6.07) is 7.58. The van der Waals surface area contributed by atoms with Gasteiger partial charge in [-0.05, 0) is 36.6 Å². The van der Waals surface area contributed by atoms with Crippen molar-refractivity contribution in [3.05, 3.63) is 28.2 Å². The highest BCUT2D eigenvalue weighted by Gasteiger charge is 2.21. The molecule has 3 nitrogen and oxygen atoms in total. The van der Waals surface area contributed by atoms with Crippen LogP contribution in [0.25, 0.3) is 0 Å².